The Hall–Kier alpha value is -0.590. The fourth-order valence-corrected chi connectivity index (χ4v) is 2.46. The molecule has 0 aromatic rings. The summed E-state index contributed by atoms with van der Waals surface area (Å²) >= 11 is 0. The highest BCUT2D eigenvalue weighted by molar-refractivity contribution is 5.75. The minimum atomic E-state index is 0.333. The Morgan fingerprint density at radius 2 is 1.42 bits per heavy atom. The predicted molar refractivity (Wildman–Crippen MR) is 85.4 cm³/mol. The molecule has 2 unspecified atom stereocenters. The fraction of sp³-hybridized carbons (Fsp3) is 0.833. The summed E-state index contributed by atoms with van der Waals surface area (Å²) in [5.74, 6) is 1.96. The van der Waals surface area contributed by atoms with Crippen LogP contribution >= 0.6 is 0 Å². The molecule has 0 bridgehead atoms. The lowest BCUT2D eigenvalue weighted by Gasteiger charge is -2.13. The first kappa shape index (κ1) is 18.4. The van der Waals surface area contributed by atoms with Crippen LogP contribution in [0.2, 0.25) is 0 Å². The average molecular weight is 266 g/mol. The second kappa shape index (κ2) is 11.3. The molecule has 0 rings (SSSR count). The molecule has 0 aliphatic rings. The van der Waals surface area contributed by atoms with Crippen molar-refractivity contribution in [2.24, 2.45) is 11.8 Å². The van der Waals surface area contributed by atoms with Gasteiger partial charge in [0.2, 0.25) is 0 Å². The number of Topliss-reactive ketones (excluding diaryl/α,β-unsaturated/α-hetero) is 1. The van der Waals surface area contributed by atoms with Crippen molar-refractivity contribution in [1.82, 2.24) is 0 Å². The maximum absolute atomic E-state index is 10.9. The summed E-state index contributed by atoms with van der Waals surface area (Å²) in [4.78, 5) is 10.9. The van der Waals surface area contributed by atoms with Gasteiger partial charge >= 0.3 is 0 Å². The molecule has 0 amide bonds. The Kier molecular flexibility index (Phi) is 10.9. The second-order valence-corrected chi connectivity index (χ2v) is 6.59. The quantitative estimate of drug-likeness (QED) is 0.423. The molecule has 0 saturated carbocycles. The fourth-order valence-electron chi connectivity index (χ4n) is 2.46. The number of hydrogen-bond donors (Lipinski definition) is 0. The van der Waals surface area contributed by atoms with E-state index in [1.165, 1.54) is 44.1 Å². The summed E-state index contributed by atoms with van der Waals surface area (Å²) in [6.45, 7) is 10.7. The van der Waals surface area contributed by atoms with Gasteiger partial charge in [0.15, 0.2) is 0 Å². The van der Waals surface area contributed by atoms with E-state index in [1.807, 2.05) is 0 Å². The molecule has 0 radical (unpaired) electrons. The summed E-state index contributed by atoms with van der Waals surface area (Å²) in [5.41, 5.74) is 1.44. The number of allylic oxidation sites excluding steroid dienone is 2. The van der Waals surface area contributed by atoms with Crippen LogP contribution in [0, 0.1) is 11.8 Å². The van der Waals surface area contributed by atoms with Gasteiger partial charge in [0.1, 0.15) is 5.78 Å². The number of rotatable bonds is 11. The summed E-state index contributed by atoms with van der Waals surface area (Å²) in [7, 11) is 0. The van der Waals surface area contributed by atoms with E-state index in [1.54, 1.807) is 6.92 Å². The SMILES string of the molecule is CC(=O)CCCC(C)CCCC(C)CCC=C(C)C. The zero-order valence-corrected chi connectivity index (χ0v) is 13.8. The molecular weight excluding hydrogens is 232 g/mol. The molecule has 0 spiro atoms. The first-order chi connectivity index (χ1) is 8.91. The van der Waals surface area contributed by atoms with Crippen LogP contribution in [-0.4, -0.2) is 5.78 Å². The third-order valence-corrected chi connectivity index (χ3v) is 3.83. The van der Waals surface area contributed by atoms with Crippen molar-refractivity contribution >= 4 is 5.78 Å². The highest BCUT2D eigenvalue weighted by atomic mass is 16.1. The van der Waals surface area contributed by atoms with Gasteiger partial charge in [-0.2, -0.15) is 0 Å². The summed E-state index contributed by atoms with van der Waals surface area (Å²) in [6, 6.07) is 0. The van der Waals surface area contributed by atoms with Crippen LogP contribution in [0.5, 0.6) is 0 Å². The number of carbonyl (C=O) groups is 1. The molecule has 0 aromatic heterocycles. The third kappa shape index (κ3) is 13.6. The Morgan fingerprint density at radius 1 is 0.895 bits per heavy atom. The van der Waals surface area contributed by atoms with Crippen LogP contribution < -0.4 is 0 Å². The topological polar surface area (TPSA) is 17.1 Å². The van der Waals surface area contributed by atoms with Gasteiger partial charge in [-0.1, -0.05) is 51.2 Å². The number of carbonyl (C=O) groups excluding carboxylic acids is 1. The lowest BCUT2D eigenvalue weighted by molar-refractivity contribution is -0.117. The molecule has 112 valence electrons. The van der Waals surface area contributed by atoms with Crippen LogP contribution in [0.3, 0.4) is 0 Å². The minimum absolute atomic E-state index is 0.333. The zero-order chi connectivity index (χ0) is 14.7. The summed E-state index contributed by atoms with van der Waals surface area (Å²) < 4.78 is 0. The van der Waals surface area contributed by atoms with E-state index < -0.39 is 0 Å². The van der Waals surface area contributed by atoms with Gasteiger partial charge in [0, 0.05) is 6.42 Å². The molecule has 19 heavy (non-hydrogen) atoms. The van der Waals surface area contributed by atoms with Crippen LogP contribution in [0.15, 0.2) is 11.6 Å². The van der Waals surface area contributed by atoms with E-state index in [0.717, 1.165) is 24.7 Å². The molecule has 0 aromatic carbocycles. The van der Waals surface area contributed by atoms with E-state index in [4.69, 9.17) is 0 Å². The van der Waals surface area contributed by atoms with Crippen LogP contribution in [0.25, 0.3) is 0 Å². The second-order valence-electron chi connectivity index (χ2n) is 6.59. The van der Waals surface area contributed by atoms with Crippen molar-refractivity contribution in [3.05, 3.63) is 11.6 Å². The molecule has 0 heterocycles. The lowest BCUT2D eigenvalue weighted by Crippen LogP contribution is -2.00. The van der Waals surface area contributed by atoms with Crippen molar-refractivity contribution < 1.29 is 4.79 Å². The van der Waals surface area contributed by atoms with E-state index >= 15 is 0 Å². The largest absolute Gasteiger partial charge is 0.300 e. The van der Waals surface area contributed by atoms with E-state index in [2.05, 4.69) is 33.8 Å². The Bertz CT molecular complexity index is 261. The maximum Gasteiger partial charge on any atom is 0.129 e. The maximum atomic E-state index is 10.9. The van der Waals surface area contributed by atoms with Gasteiger partial charge in [-0.25, -0.2) is 0 Å². The average Bonchev–Trinajstić information content (AvgIpc) is 2.27. The Labute approximate surface area is 120 Å². The molecule has 1 nitrogen and oxygen atoms in total. The molecule has 0 aliphatic carbocycles. The normalized spacial score (nSPS) is 13.9. The van der Waals surface area contributed by atoms with Crippen LogP contribution in [0.4, 0.5) is 0 Å². The first-order valence-electron chi connectivity index (χ1n) is 8.04. The molecule has 1 heteroatoms. The van der Waals surface area contributed by atoms with E-state index in [-0.39, 0.29) is 0 Å². The Balaban J connectivity index is 3.50. The minimum Gasteiger partial charge on any atom is -0.300 e. The van der Waals surface area contributed by atoms with Crippen molar-refractivity contribution in [1.29, 1.82) is 0 Å². The van der Waals surface area contributed by atoms with Gasteiger partial charge in [-0.05, 0) is 51.9 Å². The molecule has 0 N–H and O–H groups in total. The number of ketones is 1. The summed E-state index contributed by atoms with van der Waals surface area (Å²) in [5, 5.41) is 0. The van der Waals surface area contributed by atoms with E-state index in [9.17, 15) is 4.79 Å². The monoisotopic (exact) mass is 266 g/mol. The standard InChI is InChI=1S/C18H34O/c1-15(2)9-6-10-16(3)11-7-12-17(4)13-8-14-18(5)19/h9,16-17H,6-8,10-14H2,1-5H3. The van der Waals surface area contributed by atoms with Gasteiger partial charge < -0.3 is 4.79 Å². The number of hydrogen-bond acceptors (Lipinski definition) is 1. The molecule has 0 saturated heterocycles. The highest BCUT2D eigenvalue weighted by Crippen LogP contribution is 2.20. The Morgan fingerprint density at radius 3 is 1.95 bits per heavy atom. The van der Waals surface area contributed by atoms with E-state index in [0.29, 0.717) is 5.78 Å². The molecule has 0 aliphatic heterocycles. The van der Waals surface area contributed by atoms with Crippen molar-refractivity contribution in [3.8, 4) is 0 Å². The van der Waals surface area contributed by atoms with Crippen molar-refractivity contribution in [3.63, 3.8) is 0 Å². The smallest absolute Gasteiger partial charge is 0.129 e. The molecule has 2 atom stereocenters. The zero-order valence-electron chi connectivity index (χ0n) is 13.8. The van der Waals surface area contributed by atoms with Gasteiger partial charge in [-0.15, -0.1) is 0 Å². The van der Waals surface area contributed by atoms with Gasteiger partial charge in [-0.3, -0.25) is 0 Å². The van der Waals surface area contributed by atoms with Crippen molar-refractivity contribution in [2.45, 2.75) is 86.0 Å². The summed E-state index contributed by atoms with van der Waals surface area (Å²) in [6.07, 6.45) is 12.0. The highest BCUT2D eigenvalue weighted by Gasteiger charge is 2.06. The first-order valence-corrected chi connectivity index (χ1v) is 8.04. The van der Waals surface area contributed by atoms with Gasteiger partial charge in [0.25, 0.3) is 0 Å². The molecular formula is C18H34O. The van der Waals surface area contributed by atoms with Crippen molar-refractivity contribution in [2.75, 3.05) is 0 Å². The predicted octanol–water partition coefficient (Wildman–Crippen LogP) is 5.93. The third-order valence-electron chi connectivity index (χ3n) is 3.83. The lowest BCUT2D eigenvalue weighted by atomic mass is 9.93. The van der Waals surface area contributed by atoms with Crippen LogP contribution in [-0.2, 0) is 4.79 Å². The van der Waals surface area contributed by atoms with Crippen LogP contribution in [0.1, 0.15) is 86.0 Å². The molecule has 0 fully saturated rings. The van der Waals surface area contributed by atoms with Gasteiger partial charge in [0.05, 0.1) is 0 Å².